The van der Waals surface area contributed by atoms with E-state index in [-0.39, 0.29) is 6.42 Å². The van der Waals surface area contributed by atoms with Gasteiger partial charge in [-0.1, -0.05) is 29.3 Å². The van der Waals surface area contributed by atoms with Crippen LogP contribution in [0.15, 0.2) is 35.7 Å². The smallest absolute Gasteiger partial charge is 0.307 e. The molecule has 0 aliphatic carbocycles. The first-order valence-electron chi connectivity index (χ1n) is 7.24. The largest absolute Gasteiger partial charge is 0.489 e. The van der Waals surface area contributed by atoms with Gasteiger partial charge in [0.25, 0.3) is 0 Å². The molecule has 0 fully saturated rings. The molecule has 24 heavy (non-hydrogen) atoms. The van der Waals surface area contributed by atoms with Gasteiger partial charge in [-0.2, -0.15) is 0 Å². The summed E-state index contributed by atoms with van der Waals surface area (Å²) in [6.45, 7) is 2.32. The first kappa shape index (κ1) is 17.1. The average Bonchev–Trinajstić information content (AvgIpc) is 2.91. The molecule has 3 aromatic rings. The van der Waals surface area contributed by atoms with Crippen LogP contribution in [-0.4, -0.2) is 11.1 Å². The Morgan fingerprint density at radius 2 is 2.00 bits per heavy atom. The van der Waals surface area contributed by atoms with Gasteiger partial charge in [0.1, 0.15) is 12.4 Å². The van der Waals surface area contributed by atoms with Crippen LogP contribution in [0.1, 0.15) is 16.7 Å². The van der Waals surface area contributed by atoms with Gasteiger partial charge in [0.05, 0.1) is 6.42 Å². The minimum absolute atomic E-state index is 0.0278. The number of aliphatic carboxylic acids is 1. The minimum Gasteiger partial charge on any atom is -0.489 e. The standard InChI is InChI=1S/C18H14Cl2O3S/c1-10-16(23-8-11-2-3-13(19)7-15(11)20)5-4-14-12(6-17(21)22)9-24-18(10)14/h2-5,7,9H,6,8H2,1H3,(H,21,22). The van der Waals surface area contributed by atoms with Crippen LogP contribution in [0.2, 0.25) is 10.0 Å². The molecule has 0 saturated carbocycles. The van der Waals surface area contributed by atoms with Gasteiger partial charge >= 0.3 is 5.97 Å². The lowest BCUT2D eigenvalue weighted by Gasteiger charge is -2.11. The highest BCUT2D eigenvalue weighted by atomic mass is 35.5. The van der Waals surface area contributed by atoms with Crippen LogP contribution in [0.5, 0.6) is 5.75 Å². The SMILES string of the molecule is Cc1c(OCc2ccc(Cl)cc2Cl)ccc2c(CC(=O)O)csc12. The first-order valence-corrected chi connectivity index (χ1v) is 8.87. The third-order valence-electron chi connectivity index (χ3n) is 3.76. The fourth-order valence-electron chi connectivity index (χ4n) is 2.52. The number of fused-ring (bicyclic) bond motifs is 1. The second-order valence-electron chi connectivity index (χ2n) is 5.42. The van der Waals surface area contributed by atoms with Gasteiger partial charge in [-0.05, 0) is 47.5 Å². The fraction of sp³-hybridized carbons (Fsp3) is 0.167. The third kappa shape index (κ3) is 3.51. The van der Waals surface area contributed by atoms with Crippen molar-refractivity contribution in [3.8, 4) is 5.75 Å². The van der Waals surface area contributed by atoms with E-state index in [0.29, 0.717) is 16.7 Å². The van der Waals surface area contributed by atoms with E-state index in [1.165, 1.54) is 11.3 Å². The highest BCUT2D eigenvalue weighted by Gasteiger charge is 2.13. The van der Waals surface area contributed by atoms with Gasteiger partial charge in [0.2, 0.25) is 0 Å². The topological polar surface area (TPSA) is 46.5 Å². The quantitative estimate of drug-likeness (QED) is 0.615. The van der Waals surface area contributed by atoms with E-state index in [1.54, 1.807) is 12.1 Å². The van der Waals surface area contributed by atoms with Gasteiger partial charge in [-0.25, -0.2) is 0 Å². The highest BCUT2D eigenvalue weighted by molar-refractivity contribution is 7.17. The number of ether oxygens (including phenoxy) is 1. The molecule has 1 heterocycles. The molecule has 0 bridgehead atoms. The summed E-state index contributed by atoms with van der Waals surface area (Å²) in [5.41, 5.74) is 2.69. The molecule has 0 amide bonds. The molecule has 1 N–H and O–H groups in total. The van der Waals surface area contributed by atoms with Crippen molar-refractivity contribution in [3.63, 3.8) is 0 Å². The lowest BCUT2D eigenvalue weighted by molar-refractivity contribution is -0.136. The molecule has 0 atom stereocenters. The van der Waals surface area contributed by atoms with Crippen LogP contribution in [0.3, 0.4) is 0 Å². The van der Waals surface area contributed by atoms with Crippen LogP contribution in [0, 0.1) is 6.92 Å². The maximum absolute atomic E-state index is 10.9. The Labute approximate surface area is 153 Å². The number of carbonyl (C=O) groups is 1. The summed E-state index contributed by atoms with van der Waals surface area (Å²) >= 11 is 13.6. The maximum atomic E-state index is 10.9. The molecule has 124 valence electrons. The number of benzene rings is 2. The molecule has 2 aromatic carbocycles. The van der Waals surface area contributed by atoms with E-state index in [4.69, 9.17) is 33.0 Å². The predicted octanol–water partition coefficient (Wildman–Crippen LogP) is 5.72. The highest BCUT2D eigenvalue weighted by Crippen LogP contribution is 2.35. The van der Waals surface area contributed by atoms with E-state index < -0.39 is 5.97 Å². The van der Waals surface area contributed by atoms with E-state index >= 15 is 0 Å². The van der Waals surface area contributed by atoms with Crippen molar-refractivity contribution in [3.05, 3.63) is 62.4 Å². The van der Waals surface area contributed by atoms with Crippen molar-refractivity contribution >= 4 is 50.6 Å². The Hall–Kier alpha value is -1.75. The Kier molecular flexibility index (Phi) is 4.99. The molecule has 0 spiro atoms. The first-order chi connectivity index (χ1) is 11.5. The molecule has 0 aliphatic rings. The Balaban J connectivity index is 1.85. The Morgan fingerprint density at radius 1 is 1.21 bits per heavy atom. The van der Waals surface area contributed by atoms with Crippen LogP contribution in [-0.2, 0) is 17.8 Å². The number of thiophene rings is 1. The summed E-state index contributed by atoms with van der Waals surface area (Å²) in [4.78, 5) is 10.9. The normalized spacial score (nSPS) is 11.0. The molecule has 1 aromatic heterocycles. The van der Waals surface area contributed by atoms with E-state index in [0.717, 1.165) is 32.5 Å². The molecule has 0 unspecified atom stereocenters. The van der Waals surface area contributed by atoms with Crippen LogP contribution in [0.25, 0.3) is 10.1 Å². The van der Waals surface area contributed by atoms with Crippen LogP contribution in [0.4, 0.5) is 0 Å². The van der Waals surface area contributed by atoms with E-state index in [2.05, 4.69) is 0 Å². The van der Waals surface area contributed by atoms with Crippen molar-refractivity contribution < 1.29 is 14.6 Å². The number of aryl methyl sites for hydroxylation is 1. The van der Waals surface area contributed by atoms with Crippen molar-refractivity contribution in [1.82, 2.24) is 0 Å². The lowest BCUT2D eigenvalue weighted by Crippen LogP contribution is -1.99. The summed E-state index contributed by atoms with van der Waals surface area (Å²) < 4.78 is 6.95. The Bertz CT molecular complexity index is 918. The zero-order valence-electron chi connectivity index (χ0n) is 12.8. The summed E-state index contributed by atoms with van der Waals surface area (Å²) in [7, 11) is 0. The third-order valence-corrected chi connectivity index (χ3v) is 5.51. The van der Waals surface area contributed by atoms with E-state index in [9.17, 15) is 4.79 Å². The molecule has 0 saturated heterocycles. The monoisotopic (exact) mass is 380 g/mol. The van der Waals surface area contributed by atoms with E-state index in [1.807, 2.05) is 30.5 Å². The van der Waals surface area contributed by atoms with Gasteiger partial charge in [0, 0.05) is 25.9 Å². The minimum atomic E-state index is -0.829. The average molecular weight is 381 g/mol. The summed E-state index contributed by atoms with van der Waals surface area (Å²) in [5.74, 6) is -0.0673. The summed E-state index contributed by atoms with van der Waals surface area (Å²) in [5, 5.41) is 13.0. The van der Waals surface area contributed by atoms with Gasteiger partial charge in [0.15, 0.2) is 0 Å². The molecule has 3 nitrogen and oxygen atoms in total. The molecule has 0 radical (unpaired) electrons. The number of rotatable bonds is 5. The number of hydrogen-bond acceptors (Lipinski definition) is 3. The molecular weight excluding hydrogens is 367 g/mol. The summed E-state index contributed by atoms with van der Waals surface area (Å²) in [6, 6.07) is 9.10. The predicted molar refractivity (Wildman–Crippen MR) is 98.7 cm³/mol. The second-order valence-corrected chi connectivity index (χ2v) is 7.14. The lowest BCUT2D eigenvalue weighted by atomic mass is 10.1. The molecular formula is C18H14Cl2O3S. The zero-order chi connectivity index (χ0) is 17.3. The Morgan fingerprint density at radius 3 is 2.71 bits per heavy atom. The second kappa shape index (κ2) is 7.01. The number of carboxylic acid groups (broad SMARTS) is 1. The fourth-order valence-corrected chi connectivity index (χ4v) is 4.06. The summed E-state index contributed by atoms with van der Waals surface area (Å²) in [6.07, 6.45) is 0.0278. The van der Waals surface area contributed by atoms with Crippen LogP contribution >= 0.6 is 34.5 Å². The molecule has 3 rings (SSSR count). The number of halogens is 2. The van der Waals surface area contributed by atoms with Gasteiger partial charge in [-0.15, -0.1) is 11.3 Å². The number of hydrogen-bond donors (Lipinski definition) is 1. The maximum Gasteiger partial charge on any atom is 0.307 e. The van der Waals surface area contributed by atoms with Crippen molar-refractivity contribution in [2.24, 2.45) is 0 Å². The zero-order valence-corrected chi connectivity index (χ0v) is 15.1. The van der Waals surface area contributed by atoms with Gasteiger partial charge in [-0.3, -0.25) is 4.79 Å². The van der Waals surface area contributed by atoms with Crippen molar-refractivity contribution in [2.75, 3.05) is 0 Å². The van der Waals surface area contributed by atoms with Crippen molar-refractivity contribution in [1.29, 1.82) is 0 Å². The number of carboxylic acids is 1. The molecule has 0 aliphatic heterocycles. The molecule has 6 heteroatoms. The van der Waals surface area contributed by atoms with Crippen LogP contribution < -0.4 is 4.74 Å². The van der Waals surface area contributed by atoms with Crippen molar-refractivity contribution in [2.45, 2.75) is 20.0 Å². The van der Waals surface area contributed by atoms with Gasteiger partial charge < -0.3 is 9.84 Å².